The summed E-state index contributed by atoms with van der Waals surface area (Å²) < 4.78 is 0. The van der Waals surface area contributed by atoms with Gasteiger partial charge in [-0.1, -0.05) is 12.1 Å². The summed E-state index contributed by atoms with van der Waals surface area (Å²) in [4.78, 5) is 13.9. The summed E-state index contributed by atoms with van der Waals surface area (Å²) in [6.45, 7) is 6.28. The first-order chi connectivity index (χ1) is 8.99. The summed E-state index contributed by atoms with van der Waals surface area (Å²) >= 11 is 0. The van der Waals surface area contributed by atoms with Crippen LogP contribution in [0, 0.1) is 13.8 Å². The fraction of sp³-hybridized carbons (Fsp3) is 0.533. The minimum absolute atomic E-state index is 0.0125. The molecular weight excluding hydrogens is 238 g/mol. The van der Waals surface area contributed by atoms with Gasteiger partial charge in [0.25, 0.3) is 0 Å². The maximum absolute atomic E-state index is 11.8. The molecule has 0 unspecified atom stereocenters. The smallest absolute Gasteiger partial charge is 0.238 e. The third kappa shape index (κ3) is 6.36. The van der Waals surface area contributed by atoms with Gasteiger partial charge in [-0.15, -0.1) is 0 Å². The Kier molecular flexibility index (Phi) is 6.53. The fourth-order valence-electron chi connectivity index (χ4n) is 1.79. The number of hydrogen-bond donors (Lipinski definition) is 2. The Hall–Kier alpha value is -1.39. The number of anilines is 1. The van der Waals surface area contributed by atoms with E-state index in [1.54, 1.807) is 0 Å². The van der Waals surface area contributed by atoms with E-state index in [1.807, 2.05) is 46.1 Å². The summed E-state index contributed by atoms with van der Waals surface area (Å²) in [5, 5.41) is 6.09. The van der Waals surface area contributed by atoms with Crippen LogP contribution in [0.15, 0.2) is 18.2 Å². The zero-order valence-electron chi connectivity index (χ0n) is 12.4. The van der Waals surface area contributed by atoms with Crippen LogP contribution in [0.25, 0.3) is 0 Å². The van der Waals surface area contributed by atoms with Crippen molar-refractivity contribution in [2.24, 2.45) is 0 Å². The molecule has 4 nitrogen and oxygen atoms in total. The number of benzene rings is 1. The van der Waals surface area contributed by atoms with Gasteiger partial charge in [-0.2, -0.15) is 0 Å². The number of hydrogen-bond acceptors (Lipinski definition) is 3. The molecule has 19 heavy (non-hydrogen) atoms. The van der Waals surface area contributed by atoms with E-state index in [9.17, 15) is 4.79 Å². The van der Waals surface area contributed by atoms with E-state index in [0.717, 1.165) is 36.3 Å². The highest BCUT2D eigenvalue weighted by Gasteiger charge is 2.04. The first-order valence-corrected chi connectivity index (χ1v) is 6.71. The highest BCUT2D eigenvalue weighted by molar-refractivity contribution is 5.93. The predicted molar refractivity (Wildman–Crippen MR) is 80.6 cm³/mol. The van der Waals surface area contributed by atoms with Crippen molar-refractivity contribution in [1.82, 2.24) is 10.2 Å². The van der Waals surface area contributed by atoms with Crippen LogP contribution < -0.4 is 10.6 Å². The minimum atomic E-state index is 0.0125. The molecule has 1 rings (SSSR count). The van der Waals surface area contributed by atoms with E-state index in [0.29, 0.717) is 6.54 Å². The van der Waals surface area contributed by atoms with Crippen molar-refractivity contribution in [2.75, 3.05) is 39.0 Å². The molecule has 0 spiro atoms. The Balaban J connectivity index is 2.29. The van der Waals surface area contributed by atoms with Crippen molar-refractivity contribution in [1.29, 1.82) is 0 Å². The molecule has 0 heterocycles. The molecule has 2 N–H and O–H groups in total. The molecule has 0 aliphatic carbocycles. The Morgan fingerprint density at radius 3 is 2.68 bits per heavy atom. The lowest BCUT2D eigenvalue weighted by Gasteiger charge is -2.11. The van der Waals surface area contributed by atoms with E-state index < -0.39 is 0 Å². The van der Waals surface area contributed by atoms with Crippen molar-refractivity contribution >= 4 is 11.6 Å². The van der Waals surface area contributed by atoms with Crippen LogP contribution in [0.1, 0.15) is 17.5 Å². The number of rotatable bonds is 7. The third-order valence-corrected chi connectivity index (χ3v) is 2.91. The highest BCUT2D eigenvalue weighted by atomic mass is 16.1. The molecule has 0 aliphatic heterocycles. The Morgan fingerprint density at radius 2 is 2.00 bits per heavy atom. The van der Waals surface area contributed by atoms with E-state index in [4.69, 9.17) is 0 Å². The SMILES string of the molecule is Cc1ccc(C)c(NC(=O)CNCCCN(C)C)c1. The highest BCUT2D eigenvalue weighted by Crippen LogP contribution is 2.15. The van der Waals surface area contributed by atoms with Crippen LogP contribution in [0.4, 0.5) is 5.69 Å². The molecule has 0 fully saturated rings. The van der Waals surface area contributed by atoms with Crippen LogP contribution >= 0.6 is 0 Å². The summed E-state index contributed by atoms with van der Waals surface area (Å²) in [6, 6.07) is 6.07. The van der Waals surface area contributed by atoms with Gasteiger partial charge in [0.1, 0.15) is 0 Å². The van der Waals surface area contributed by atoms with Crippen molar-refractivity contribution in [3.63, 3.8) is 0 Å². The molecular formula is C15H25N3O. The molecule has 0 radical (unpaired) electrons. The predicted octanol–water partition coefficient (Wildman–Crippen LogP) is 1.78. The Labute approximate surface area is 116 Å². The number of amides is 1. The quantitative estimate of drug-likeness (QED) is 0.737. The van der Waals surface area contributed by atoms with Gasteiger partial charge in [-0.3, -0.25) is 4.79 Å². The third-order valence-electron chi connectivity index (χ3n) is 2.91. The van der Waals surface area contributed by atoms with Gasteiger partial charge in [0.05, 0.1) is 6.54 Å². The summed E-state index contributed by atoms with van der Waals surface area (Å²) in [6.07, 6.45) is 1.05. The van der Waals surface area contributed by atoms with Crippen molar-refractivity contribution < 1.29 is 4.79 Å². The maximum Gasteiger partial charge on any atom is 0.238 e. The second kappa shape index (κ2) is 7.92. The lowest BCUT2D eigenvalue weighted by molar-refractivity contribution is -0.115. The number of carbonyl (C=O) groups excluding carboxylic acids is 1. The first kappa shape index (κ1) is 15.7. The molecule has 1 aromatic carbocycles. The number of carbonyl (C=O) groups is 1. The number of nitrogens with one attached hydrogen (secondary N) is 2. The van der Waals surface area contributed by atoms with Crippen LogP contribution in [-0.4, -0.2) is 44.5 Å². The fourth-order valence-corrected chi connectivity index (χ4v) is 1.79. The lowest BCUT2D eigenvalue weighted by Crippen LogP contribution is -2.30. The topological polar surface area (TPSA) is 44.4 Å². The average molecular weight is 263 g/mol. The van der Waals surface area contributed by atoms with E-state index in [-0.39, 0.29) is 5.91 Å². The standard InChI is InChI=1S/C15H25N3O/c1-12-6-7-13(2)14(10-12)17-15(19)11-16-8-5-9-18(3)4/h6-7,10,16H,5,8-9,11H2,1-4H3,(H,17,19). The zero-order chi connectivity index (χ0) is 14.3. The summed E-state index contributed by atoms with van der Waals surface area (Å²) in [7, 11) is 4.10. The Morgan fingerprint density at radius 1 is 1.26 bits per heavy atom. The van der Waals surface area contributed by atoms with Gasteiger partial charge < -0.3 is 15.5 Å². The second-order valence-electron chi connectivity index (χ2n) is 5.20. The molecule has 106 valence electrons. The first-order valence-electron chi connectivity index (χ1n) is 6.71. The zero-order valence-corrected chi connectivity index (χ0v) is 12.4. The van der Waals surface area contributed by atoms with E-state index in [1.165, 1.54) is 0 Å². The molecule has 1 aromatic rings. The second-order valence-corrected chi connectivity index (χ2v) is 5.20. The van der Waals surface area contributed by atoms with Crippen LogP contribution in [0.5, 0.6) is 0 Å². The van der Waals surface area contributed by atoms with Crippen LogP contribution in [0.3, 0.4) is 0 Å². The largest absolute Gasteiger partial charge is 0.325 e. The molecule has 0 saturated carbocycles. The molecule has 0 saturated heterocycles. The molecule has 0 aliphatic rings. The molecule has 0 bridgehead atoms. The molecule has 1 amide bonds. The van der Waals surface area contributed by atoms with Crippen molar-refractivity contribution in [3.05, 3.63) is 29.3 Å². The van der Waals surface area contributed by atoms with E-state index in [2.05, 4.69) is 15.5 Å². The lowest BCUT2D eigenvalue weighted by atomic mass is 10.1. The molecule has 0 atom stereocenters. The van der Waals surface area contributed by atoms with Crippen LogP contribution in [0.2, 0.25) is 0 Å². The summed E-state index contributed by atoms with van der Waals surface area (Å²) in [5.74, 6) is 0.0125. The number of aryl methyl sites for hydroxylation is 2. The van der Waals surface area contributed by atoms with Gasteiger partial charge in [0.2, 0.25) is 5.91 Å². The molecule has 0 aromatic heterocycles. The number of nitrogens with zero attached hydrogens (tertiary/aromatic N) is 1. The van der Waals surface area contributed by atoms with Gasteiger partial charge in [0, 0.05) is 5.69 Å². The van der Waals surface area contributed by atoms with Crippen LogP contribution in [-0.2, 0) is 4.79 Å². The van der Waals surface area contributed by atoms with Crippen molar-refractivity contribution in [3.8, 4) is 0 Å². The Bertz CT molecular complexity index is 416. The van der Waals surface area contributed by atoms with Gasteiger partial charge in [0.15, 0.2) is 0 Å². The van der Waals surface area contributed by atoms with E-state index >= 15 is 0 Å². The minimum Gasteiger partial charge on any atom is -0.325 e. The normalized spacial score (nSPS) is 10.8. The average Bonchev–Trinajstić information content (AvgIpc) is 2.33. The summed E-state index contributed by atoms with van der Waals surface area (Å²) in [5.41, 5.74) is 3.14. The maximum atomic E-state index is 11.8. The molecule has 4 heteroatoms. The van der Waals surface area contributed by atoms with Gasteiger partial charge >= 0.3 is 0 Å². The van der Waals surface area contributed by atoms with Crippen molar-refractivity contribution in [2.45, 2.75) is 20.3 Å². The monoisotopic (exact) mass is 263 g/mol. The van der Waals surface area contributed by atoms with Gasteiger partial charge in [-0.05, 0) is 64.6 Å². The van der Waals surface area contributed by atoms with Gasteiger partial charge in [-0.25, -0.2) is 0 Å².